The number of rotatable bonds is 7. The lowest BCUT2D eigenvalue weighted by molar-refractivity contribution is 0.0697. The van der Waals surface area contributed by atoms with Crippen LogP contribution in [-0.2, 0) is 11.3 Å². The van der Waals surface area contributed by atoms with E-state index in [2.05, 4.69) is 4.98 Å². The van der Waals surface area contributed by atoms with E-state index in [1.165, 1.54) is 19.3 Å². The van der Waals surface area contributed by atoms with Crippen LogP contribution in [0.25, 0.3) is 0 Å². The molecule has 0 saturated carbocycles. The fraction of sp³-hybridized carbons (Fsp3) is 0.533. The summed E-state index contributed by atoms with van der Waals surface area (Å²) >= 11 is 0. The summed E-state index contributed by atoms with van der Waals surface area (Å²) < 4.78 is 10.3. The van der Waals surface area contributed by atoms with Gasteiger partial charge in [0.05, 0.1) is 19.8 Å². The predicted molar refractivity (Wildman–Crippen MR) is 79.7 cm³/mol. The quantitative estimate of drug-likeness (QED) is 0.775. The molecule has 22 heavy (non-hydrogen) atoms. The normalized spacial score (nSPS) is 10.2. The predicted octanol–water partition coefficient (Wildman–Crippen LogP) is 1.98. The fourth-order valence-corrected chi connectivity index (χ4v) is 1.64. The molecule has 7 nitrogen and oxygen atoms in total. The van der Waals surface area contributed by atoms with Crippen molar-refractivity contribution in [2.75, 3.05) is 20.3 Å². The number of ether oxygens (including phenoxy) is 2. The second-order valence-corrected chi connectivity index (χ2v) is 4.61. The van der Waals surface area contributed by atoms with Crippen molar-refractivity contribution in [2.24, 2.45) is 0 Å². The zero-order valence-electron chi connectivity index (χ0n) is 13.2. The van der Waals surface area contributed by atoms with Crippen LogP contribution in [0.15, 0.2) is 12.3 Å². The Hall–Kier alpha value is -2.15. The Morgan fingerprint density at radius 3 is 2.68 bits per heavy atom. The molecule has 0 aliphatic carbocycles. The molecule has 0 fully saturated rings. The Balaban J connectivity index is 2.89. The first-order valence-corrected chi connectivity index (χ1v) is 7.22. The van der Waals surface area contributed by atoms with Gasteiger partial charge in [-0.2, -0.15) is 0 Å². The smallest absolute Gasteiger partial charge is 0.416 e. The number of pyridine rings is 1. The largest absolute Gasteiger partial charge is 0.491 e. The molecule has 1 aromatic heterocycles. The van der Waals surface area contributed by atoms with Crippen LogP contribution < -0.4 is 4.74 Å². The maximum Gasteiger partial charge on any atom is 0.416 e. The molecule has 1 rings (SSSR count). The summed E-state index contributed by atoms with van der Waals surface area (Å²) in [5.74, 6) is -0.387. The van der Waals surface area contributed by atoms with Crippen molar-refractivity contribution < 1.29 is 24.2 Å². The Labute approximate surface area is 129 Å². The molecule has 0 aromatic carbocycles. The number of hydrogen-bond acceptors (Lipinski definition) is 6. The van der Waals surface area contributed by atoms with E-state index in [4.69, 9.17) is 14.6 Å². The van der Waals surface area contributed by atoms with Crippen LogP contribution in [0.3, 0.4) is 0 Å². The molecule has 1 N–H and O–H groups in total. The minimum atomic E-state index is -0.728. The third-order valence-corrected chi connectivity index (χ3v) is 2.90. The van der Waals surface area contributed by atoms with Gasteiger partial charge in [0.25, 0.3) is 5.91 Å². The van der Waals surface area contributed by atoms with E-state index in [0.29, 0.717) is 12.2 Å². The summed E-state index contributed by atoms with van der Waals surface area (Å²) in [6.45, 7) is 4.13. The summed E-state index contributed by atoms with van der Waals surface area (Å²) in [6.07, 6.45) is 2.27. The van der Waals surface area contributed by atoms with E-state index in [0.717, 1.165) is 17.7 Å². The van der Waals surface area contributed by atoms with E-state index in [-0.39, 0.29) is 24.7 Å². The molecular formula is C15H22N2O5. The third kappa shape index (κ3) is 4.70. The average molecular weight is 310 g/mol. The number of carbonyl (C=O) groups is 2. The number of imide groups is 1. The lowest BCUT2D eigenvalue weighted by Crippen LogP contribution is -2.34. The van der Waals surface area contributed by atoms with Crippen molar-refractivity contribution >= 4 is 12.0 Å². The molecule has 0 radical (unpaired) electrons. The zero-order chi connectivity index (χ0) is 16.5. The lowest BCUT2D eigenvalue weighted by Gasteiger charge is -2.17. The summed E-state index contributed by atoms with van der Waals surface area (Å²) in [4.78, 5) is 29.0. The highest BCUT2D eigenvalue weighted by Gasteiger charge is 2.24. The molecule has 0 atom stereocenters. The maximum atomic E-state index is 12.3. The molecule has 7 heteroatoms. The van der Waals surface area contributed by atoms with Crippen molar-refractivity contribution in [1.82, 2.24) is 9.88 Å². The van der Waals surface area contributed by atoms with Gasteiger partial charge in [0.2, 0.25) is 0 Å². The first kappa shape index (κ1) is 17.9. The van der Waals surface area contributed by atoms with Gasteiger partial charge < -0.3 is 14.6 Å². The first-order valence-electron chi connectivity index (χ1n) is 7.22. The number of aliphatic hydroxyl groups is 1. The Bertz CT molecular complexity index is 519. The van der Waals surface area contributed by atoms with Crippen LogP contribution in [-0.4, -0.2) is 47.3 Å². The monoisotopic (exact) mass is 310 g/mol. The molecule has 0 bridgehead atoms. The highest BCUT2D eigenvalue weighted by Crippen LogP contribution is 2.20. The first-order chi connectivity index (χ1) is 10.5. The maximum absolute atomic E-state index is 12.3. The van der Waals surface area contributed by atoms with Gasteiger partial charge in [-0.3, -0.25) is 4.79 Å². The van der Waals surface area contributed by atoms with Gasteiger partial charge in [0, 0.05) is 13.2 Å². The lowest BCUT2D eigenvalue weighted by atomic mass is 10.2. The second kappa shape index (κ2) is 8.99. The molecular weight excluding hydrogens is 288 g/mol. The van der Waals surface area contributed by atoms with Crippen LogP contribution in [0.5, 0.6) is 5.75 Å². The highest BCUT2D eigenvalue weighted by molar-refractivity contribution is 6.03. The molecule has 0 aliphatic heterocycles. The number of aliphatic hydroxyl groups excluding tert-OH is 1. The van der Waals surface area contributed by atoms with Crippen molar-refractivity contribution in [3.05, 3.63) is 23.5 Å². The number of unbranched alkanes of at least 4 members (excludes halogenated alkanes) is 1. The average Bonchev–Trinajstić information content (AvgIpc) is 2.53. The molecule has 0 unspecified atom stereocenters. The summed E-state index contributed by atoms with van der Waals surface area (Å²) in [5, 5.41) is 9.11. The topological polar surface area (TPSA) is 89.0 Å². The standard InChI is InChI=1S/C15H22N2O5/c1-4-6-7-22-15(20)17(3)14(19)13-12(21-5-2)8-11(10-18)9-16-13/h8-9,18H,4-7,10H2,1-3H3. The number of amides is 2. The van der Waals surface area contributed by atoms with Crippen molar-refractivity contribution in [3.63, 3.8) is 0 Å². The van der Waals surface area contributed by atoms with Gasteiger partial charge in [0.15, 0.2) is 11.4 Å². The molecule has 0 spiro atoms. The van der Waals surface area contributed by atoms with Crippen molar-refractivity contribution in [2.45, 2.75) is 33.3 Å². The number of carbonyl (C=O) groups excluding carboxylic acids is 2. The number of hydrogen-bond donors (Lipinski definition) is 1. The summed E-state index contributed by atoms with van der Waals surface area (Å²) in [6, 6.07) is 1.53. The number of aromatic nitrogens is 1. The molecule has 2 amide bonds. The zero-order valence-corrected chi connectivity index (χ0v) is 13.2. The molecule has 0 saturated heterocycles. The molecule has 1 heterocycles. The van der Waals surface area contributed by atoms with Crippen molar-refractivity contribution in [3.8, 4) is 5.75 Å². The SMILES string of the molecule is CCCCOC(=O)N(C)C(=O)c1ncc(CO)cc1OCC. The fourth-order valence-electron chi connectivity index (χ4n) is 1.64. The van der Waals surface area contributed by atoms with Crippen LogP contribution in [0.2, 0.25) is 0 Å². The van der Waals surface area contributed by atoms with Gasteiger partial charge in [0.1, 0.15) is 0 Å². The minimum absolute atomic E-state index is 0.00833. The minimum Gasteiger partial charge on any atom is -0.491 e. The Kier molecular flexibility index (Phi) is 7.31. The van der Waals surface area contributed by atoms with Gasteiger partial charge >= 0.3 is 6.09 Å². The van der Waals surface area contributed by atoms with E-state index in [9.17, 15) is 9.59 Å². The number of nitrogens with zero attached hydrogens (tertiary/aromatic N) is 2. The highest BCUT2D eigenvalue weighted by atomic mass is 16.6. The van der Waals surface area contributed by atoms with Crippen LogP contribution in [0.4, 0.5) is 4.79 Å². The van der Waals surface area contributed by atoms with Gasteiger partial charge in [-0.1, -0.05) is 13.3 Å². The second-order valence-electron chi connectivity index (χ2n) is 4.61. The third-order valence-electron chi connectivity index (χ3n) is 2.90. The van der Waals surface area contributed by atoms with Crippen LogP contribution in [0, 0.1) is 0 Å². The van der Waals surface area contributed by atoms with E-state index in [1.807, 2.05) is 6.92 Å². The van der Waals surface area contributed by atoms with Crippen LogP contribution in [0.1, 0.15) is 42.7 Å². The molecule has 0 aliphatic rings. The molecule has 1 aromatic rings. The van der Waals surface area contributed by atoms with E-state index < -0.39 is 12.0 Å². The van der Waals surface area contributed by atoms with Gasteiger partial charge in [-0.05, 0) is 25.0 Å². The van der Waals surface area contributed by atoms with Gasteiger partial charge in [-0.25, -0.2) is 14.7 Å². The Morgan fingerprint density at radius 2 is 2.09 bits per heavy atom. The summed E-state index contributed by atoms with van der Waals surface area (Å²) in [5.41, 5.74) is 0.530. The van der Waals surface area contributed by atoms with Gasteiger partial charge in [-0.15, -0.1) is 0 Å². The van der Waals surface area contributed by atoms with Crippen LogP contribution >= 0.6 is 0 Å². The Morgan fingerprint density at radius 1 is 1.36 bits per heavy atom. The van der Waals surface area contributed by atoms with E-state index >= 15 is 0 Å². The van der Waals surface area contributed by atoms with E-state index in [1.54, 1.807) is 6.92 Å². The summed E-state index contributed by atoms with van der Waals surface area (Å²) in [7, 11) is 1.33. The molecule has 122 valence electrons. The van der Waals surface area contributed by atoms with Crippen molar-refractivity contribution in [1.29, 1.82) is 0 Å².